The summed E-state index contributed by atoms with van der Waals surface area (Å²) in [5.41, 5.74) is -1.78. The molecule has 0 fully saturated rings. The number of hydrogen-bond donors (Lipinski definition) is 3. The van der Waals surface area contributed by atoms with E-state index in [9.17, 15) is 9.59 Å². The number of rotatable bonds is 4. The van der Waals surface area contributed by atoms with E-state index in [0.29, 0.717) is 5.23 Å². The SMILES string of the molecule is O=C1C=CC(=O)ON(C(CO)(CO)CO)O1. The highest BCUT2D eigenvalue weighted by molar-refractivity contribution is 5.92. The molecule has 90 valence electrons. The van der Waals surface area contributed by atoms with E-state index in [4.69, 9.17) is 15.3 Å². The van der Waals surface area contributed by atoms with Gasteiger partial charge in [-0.25, -0.2) is 9.59 Å². The highest BCUT2D eigenvalue weighted by Crippen LogP contribution is 2.17. The lowest BCUT2D eigenvalue weighted by Crippen LogP contribution is -2.57. The Bertz CT molecular complexity index is 281. The maximum absolute atomic E-state index is 11.0. The molecule has 16 heavy (non-hydrogen) atoms. The molecule has 0 aliphatic carbocycles. The van der Waals surface area contributed by atoms with Crippen molar-refractivity contribution in [1.82, 2.24) is 5.23 Å². The van der Waals surface area contributed by atoms with Gasteiger partial charge in [0.1, 0.15) is 0 Å². The molecule has 8 heteroatoms. The van der Waals surface area contributed by atoms with E-state index in [1.54, 1.807) is 0 Å². The Balaban J connectivity index is 2.93. The lowest BCUT2D eigenvalue weighted by Gasteiger charge is -2.34. The molecule has 0 unspecified atom stereocenters. The fourth-order valence-electron chi connectivity index (χ4n) is 0.896. The third kappa shape index (κ3) is 2.36. The average molecular weight is 233 g/mol. The van der Waals surface area contributed by atoms with Gasteiger partial charge in [-0.1, -0.05) is 0 Å². The average Bonchev–Trinajstić information content (AvgIpc) is 2.45. The van der Waals surface area contributed by atoms with Gasteiger partial charge in [0.25, 0.3) is 0 Å². The van der Waals surface area contributed by atoms with Gasteiger partial charge in [-0.2, -0.15) is 0 Å². The first kappa shape index (κ1) is 12.6. The van der Waals surface area contributed by atoms with Crippen molar-refractivity contribution in [2.45, 2.75) is 5.54 Å². The molecule has 3 N–H and O–H groups in total. The zero-order chi connectivity index (χ0) is 12.2. The summed E-state index contributed by atoms with van der Waals surface area (Å²) in [5.74, 6) is -1.85. The van der Waals surface area contributed by atoms with E-state index in [1.165, 1.54) is 0 Å². The van der Waals surface area contributed by atoms with Gasteiger partial charge >= 0.3 is 11.9 Å². The van der Waals surface area contributed by atoms with E-state index < -0.39 is 37.3 Å². The number of nitrogens with zero attached hydrogens (tertiary/aromatic N) is 1. The first-order valence-corrected chi connectivity index (χ1v) is 4.33. The molecule has 1 aliphatic heterocycles. The van der Waals surface area contributed by atoms with Gasteiger partial charge in [0.05, 0.1) is 19.8 Å². The van der Waals surface area contributed by atoms with Crippen molar-refractivity contribution in [2.24, 2.45) is 0 Å². The lowest BCUT2D eigenvalue weighted by atomic mass is 10.1. The second-order valence-electron chi connectivity index (χ2n) is 3.11. The van der Waals surface area contributed by atoms with E-state index in [2.05, 4.69) is 9.68 Å². The summed E-state index contributed by atoms with van der Waals surface area (Å²) < 4.78 is 0. The highest BCUT2D eigenvalue weighted by Gasteiger charge is 2.42. The maximum Gasteiger partial charge on any atom is 0.353 e. The number of carbonyl (C=O) groups excluding carboxylic acids is 2. The molecule has 0 aromatic rings. The van der Waals surface area contributed by atoms with Crippen LogP contribution < -0.4 is 0 Å². The topological polar surface area (TPSA) is 117 Å². The second kappa shape index (κ2) is 5.03. The van der Waals surface area contributed by atoms with Crippen molar-refractivity contribution in [2.75, 3.05) is 19.8 Å². The third-order valence-electron chi connectivity index (χ3n) is 1.97. The molecular weight excluding hydrogens is 222 g/mol. The molecule has 1 rings (SSSR count). The first-order chi connectivity index (χ1) is 7.57. The smallest absolute Gasteiger partial charge is 0.353 e. The summed E-state index contributed by atoms with van der Waals surface area (Å²) in [6.45, 7) is -2.33. The van der Waals surface area contributed by atoms with Gasteiger partial charge in [0.15, 0.2) is 5.54 Å². The summed E-state index contributed by atoms with van der Waals surface area (Å²) in [5, 5.41) is 27.4. The van der Waals surface area contributed by atoms with Gasteiger partial charge in [0, 0.05) is 17.4 Å². The summed E-state index contributed by atoms with van der Waals surface area (Å²) in [4.78, 5) is 31.0. The monoisotopic (exact) mass is 233 g/mol. The van der Waals surface area contributed by atoms with Crippen LogP contribution >= 0.6 is 0 Å². The van der Waals surface area contributed by atoms with Crippen molar-refractivity contribution in [3.05, 3.63) is 12.2 Å². The largest absolute Gasteiger partial charge is 0.394 e. The Morgan fingerprint density at radius 1 is 1.00 bits per heavy atom. The van der Waals surface area contributed by atoms with Crippen molar-refractivity contribution in [3.63, 3.8) is 0 Å². The molecule has 8 nitrogen and oxygen atoms in total. The molecule has 0 atom stereocenters. The van der Waals surface area contributed by atoms with E-state index in [1.807, 2.05) is 0 Å². The van der Waals surface area contributed by atoms with Crippen LogP contribution in [-0.4, -0.2) is 57.8 Å². The number of hydroxylamine groups is 2. The van der Waals surface area contributed by atoms with Crippen LogP contribution in [0, 0.1) is 0 Å². The zero-order valence-electron chi connectivity index (χ0n) is 8.20. The lowest BCUT2D eigenvalue weighted by molar-refractivity contribution is -0.376. The van der Waals surface area contributed by atoms with Crippen LogP contribution in [0.25, 0.3) is 0 Å². The molecule has 1 heterocycles. The Hall–Kier alpha value is -1.48. The molecule has 1 aliphatic rings. The Labute approximate surface area is 90.2 Å². The molecule has 0 radical (unpaired) electrons. The summed E-state index contributed by atoms with van der Waals surface area (Å²) in [6.07, 6.45) is 1.64. The maximum atomic E-state index is 11.0. The molecule has 0 saturated carbocycles. The fraction of sp³-hybridized carbons (Fsp3) is 0.500. The van der Waals surface area contributed by atoms with E-state index in [-0.39, 0.29) is 0 Å². The molecular formula is C8H11NO7. The predicted octanol–water partition coefficient (Wildman–Crippen LogP) is -2.51. The minimum atomic E-state index is -1.78. The van der Waals surface area contributed by atoms with Crippen LogP contribution in [0.1, 0.15) is 0 Å². The van der Waals surface area contributed by atoms with Crippen LogP contribution in [0.5, 0.6) is 0 Å². The standard InChI is InChI=1S/C8H11NO7/c10-3-8(4-11,5-12)9-15-6(13)1-2-7(14)16-9/h1-2,10-12H,3-5H2. The van der Waals surface area contributed by atoms with Crippen LogP contribution in [0.3, 0.4) is 0 Å². The van der Waals surface area contributed by atoms with Crippen LogP contribution in [-0.2, 0) is 19.3 Å². The zero-order valence-corrected chi connectivity index (χ0v) is 8.20. The minimum Gasteiger partial charge on any atom is -0.394 e. The van der Waals surface area contributed by atoms with E-state index in [0.717, 1.165) is 12.2 Å². The summed E-state index contributed by atoms with van der Waals surface area (Å²) >= 11 is 0. The Morgan fingerprint density at radius 3 is 1.69 bits per heavy atom. The fourth-order valence-corrected chi connectivity index (χ4v) is 0.896. The number of aliphatic hydroxyl groups excluding tert-OH is 3. The van der Waals surface area contributed by atoms with Gasteiger partial charge < -0.3 is 25.0 Å². The van der Waals surface area contributed by atoms with Crippen molar-refractivity contribution >= 4 is 11.9 Å². The third-order valence-corrected chi connectivity index (χ3v) is 1.97. The van der Waals surface area contributed by atoms with E-state index >= 15 is 0 Å². The van der Waals surface area contributed by atoms with Gasteiger partial charge in [-0.05, 0) is 0 Å². The molecule has 0 saturated heterocycles. The Kier molecular flexibility index (Phi) is 3.96. The predicted molar refractivity (Wildman–Crippen MR) is 47.2 cm³/mol. The van der Waals surface area contributed by atoms with Gasteiger partial charge in [-0.15, -0.1) is 0 Å². The normalized spacial score (nSPS) is 17.9. The second-order valence-corrected chi connectivity index (χ2v) is 3.11. The summed E-state index contributed by atoms with van der Waals surface area (Å²) in [6, 6.07) is 0. The molecule has 0 aromatic carbocycles. The van der Waals surface area contributed by atoms with Gasteiger partial charge in [-0.3, -0.25) is 0 Å². The van der Waals surface area contributed by atoms with Crippen molar-refractivity contribution in [1.29, 1.82) is 0 Å². The Morgan fingerprint density at radius 2 is 1.38 bits per heavy atom. The quantitative estimate of drug-likeness (QED) is 0.487. The van der Waals surface area contributed by atoms with Crippen molar-refractivity contribution < 1.29 is 34.6 Å². The summed E-state index contributed by atoms with van der Waals surface area (Å²) in [7, 11) is 0. The number of hydrogen-bond acceptors (Lipinski definition) is 8. The molecule has 0 aromatic heterocycles. The van der Waals surface area contributed by atoms with Gasteiger partial charge in [0.2, 0.25) is 0 Å². The molecule has 0 bridgehead atoms. The van der Waals surface area contributed by atoms with Crippen molar-refractivity contribution in [3.8, 4) is 0 Å². The minimum absolute atomic E-state index is 0.303. The number of carbonyl (C=O) groups is 2. The molecule has 0 amide bonds. The molecule has 0 spiro atoms. The number of aliphatic hydroxyl groups is 3. The van der Waals surface area contributed by atoms with Crippen LogP contribution in [0.15, 0.2) is 12.2 Å². The highest BCUT2D eigenvalue weighted by atomic mass is 17.0. The first-order valence-electron chi connectivity index (χ1n) is 4.33. The van der Waals surface area contributed by atoms with Crippen LogP contribution in [0.4, 0.5) is 0 Å². The van der Waals surface area contributed by atoms with Crippen LogP contribution in [0.2, 0.25) is 0 Å².